The van der Waals surface area contributed by atoms with Gasteiger partial charge in [0.15, 0.2) is 17.5 Å². The molecule has 0 aliphatic carbocycles. The molecular formula is C24H32N4O3. The van der Waals surface area contributed by atoms with E-state index in [2.05, 4.69) is 27.8 Å². The molecule has 0 radical (unpaired) electrons. The number of hydrogen-bond acceptors (Lipinski definition) is 4. The summed E-state index contributed by atoms with van der Waals surface area (Å²) >= 11 is 0. The van der Waals surface area contributed by atoms with Crippen molar-refractivity contribution in [3.8, 4) is 11.5 Å². The molecule has 0 aromatic heterocycles. The molecular weight excluding hydrogens is 392 g/mol. The van der Waals surface area contributed by atoms with Gasteiger partial charge < -0.3 is 25.0 Å². The lowest BCUT2D eigenvalue weighted by atomic mass is 10.1. The molecule has 1 heterocycles. The molecule has 0 unspecified atom stereocenters. The van der Waals surface area contributed by atoms with Crippen molar-refractivity contribution in [1.82, 2.24) is 10.2 Å². The number of nitrogens with one attached hydrogen (secondary N) is 2. The monoisotopic (exact) mass is 424 g/mol. The zero-order valence-electron chi connectivity index (χ0n) is 18.6. The van der Waals surface area contributed by atoms with E-state index in [-0.39, 0.29) is 5.91 Å². The van der Waals surface area contributed by atoms with Crippen LogP contribution in [-0.4, -0.2) is 43.6 Å². The second-order valence-electron chi connectivity index (χ2n) is 7.31. The lowest BCUT2D eigenvalue weighted by molar-refractivity contribution is -0.131. The van der Waals surface area contributed by atoms with E-state index in [1.807, 2.05) is 49.1 Å². The molecule has 3 rings (SSSR count). The molecule has 7 nitrogen and oxygen atoms in total. The van der Waals surface area contributed by atoms with Crippen LogP contribution in [-0.2, 0) is 17.9 Å². The van der Waals surface area contributed by atoms with Crippen molar-refractivity contribution >= 4 is 17.6 Å². The normalized spacial score (nSPS) is 13.0. The van der Waals surface area contributed by atoms with E-state index in [1.54, 1.807) is 7.11 Å². The van der Waals surface area contributed by atoms with Crippen molar-refractivity contribution in [3.63, 3.8) is 0 Å². The maximum atomic E-state index is 12.6. The third-order valence-corrected chi connectivity index (χ3v) is 5.08. The van der Waals surface area contributed by atoms with Crippen molar-refractivity contribution in [2.24, 2.45) is 4.99 Å². The number of anilines is 1. The molecule has 0 saturated carbocycles. The lowest BCUT2D eigenvalue weighted by Crippen LogP contribution is -2.31. The highest BCUT2D eigenvalue weighted by atomic mass is 16.5. The molecule has 2 aromatic rings. The van der Waals surface area contributed by atoms with Gasteiger partial charge in [-0.15, -0.1) is 0 Å². The summed E-state index contributed by atoms with van der Waals surface area (Å²) in [5, 5.41) is 6.53. The summed E-state index contributed by atoms with van der Waals surface area (Å²) < 4.78 is 11.0. The number of guanidine groups is 1. The van der Waals surface area contributed by atoms with Gasteiger partial charge in [-0.3, -0.25) is 9.79 Å². The van der Waals surface area contributed by atoms with Gasteiger partial charge in [0.2, 0.25) is 5.91 Å². The van der Waals surface area contributed by atoms with Crippen LogP contribution in [0.15, 0.2) is 47.5 Å². The fourth-order valence-corrected chi connectivity index (χ4v) is 3.56. The molecule has 2 N–H and O–H groups in total. The van der Waals surface area contributed by atoms with Crippen LogP contribution < -0.4 is 20.1 Å². The van der Waals surface area contributed by atoms with Crippen molar-refractivity contribution in [3.05, 3.63) is 53.6 Å². The van der Waals surface area contributed by atoms with E-state index < -0.39 is 0 Å². The molecule has 166 valence electrons. The van der Waals surface area contributed by atoms with Gasteiger partial charge >= 0.3 is 0 Å². The Labute approximate surface area is 184 Å². The minimum absolute atomic E-state index is 0.181. The quantitative estimate of drug-likeness (QED) is 0.364. The minimum atomic E-state index is 0.181. The second-order valence-corrected chi connectivity index (χ2v) is 7.31. The minimum Gasteiger partial charge on any atom is -0.493 e. The van der Waals surface area contributed by atoms with Gasteiger partial charge in [0, 0.05) is 44.4 Å². The molecule has 0 bridgehead atoms. The van der Waals surface area contributed by atoms with Crippen LogP contribution >= 0.6 is 0 Å². The van der Waals surface area contributed by atoms with Crippen molar-refractivity contribution in [2.45, 2.75) is 39.8 Å². The molecule has 0 spiro atoms. The first-order valence-corrected chi connectivity index (χ1v) is 10.8. The first kappa shape index (κ1) is 22.5. The Morgan fingerprint density at radius 1 is 1.10 bits per heavy atom. The highest BCUT2D eigenvalue weighted by Gasteiger charge is 2.22. The predicted octanol–water partition coefficient (Wildman–Crippen LogP) is 3.79. The average Bonchev–Trinajstić information content (AvgIpc) is 3.21. The summed E-state index contributed by atoms with van der Waals surface area (Å²) in [6, 6.07) is 13.9. The number of ether oxygens (including phenoxy) is 2. The Balaban J connectivity index is 1.52. The van der Waals surface area contributed by atoms with Crippen LogP contribution in [0, 0.1) is 0 Å². The van der Waals surface area contributed by atoms with E-state index >= 15 is 0 Å². The summed E-state index contributed by atoms with van der Waals surface area (Å²) in [5.41, 5.74) is 3.35. The summed E-state index contributed by atoms with van der Waals surface area (Å²) in [5.74, 6) is 2.23. The van der Waals surface area contributed by atoms with Crippen molar-refractivity contribution in [2.75, 3.05) is 32.1 Å². The standard InChI is InChI=1S/C24H32N4O3/c1-4-25-24(27-20-12-13-21(30-3)22(15-20)31-5-2)26-14-8-11-23(29)28-16-18-9-6-7-10-19(18)17-28/h6-7,9-10,12-13,15H,4-5,8,11,14,16-17H2,1-3H3,(H2,25,26,27). The fraction of sp³-hybridized carbons (Fsp3) is 0.417. The summed E-state index contributed by atoms with van der Waals surface area (Å²) in [6.45, 7) is 7.24. The number of carbonyl (C=O) groups is 1. The smallest absolute Gasteiger partial charge is 0.223 e. The molecule has 1 aliphatic heterocycles. The van der Waals surface area contributed by atoms with Crippen LogP contribution in [0.2, 0.25) is 0 Å². The molecule has 1 aliphatic rings. The van der Waals surface area contributed by atoms with E-state index in [9.17, 15) is 4.79 Å². The largest absolute Gasteiger partial charge is 0.493 e. The maximum Gasteiger partial charge on any atom is 0.223 e. The van der Waals surface area contributed by atoms with Crippen LogP contribution in [0.25, 0.3) is 0 Å². The van der Waals surface area contributed by atoms with Gasteiger partial charge in [0.25, 0.3) is 0 Å². The topological polar surface area (TPSA) is 75.2 Å². The van der Waals surface area contributed by atoms with E-state index in [0.29, 0.717) is 56.5 Å². The number of hydrogen-bond donors (Lipinski definition) is 2. The van der Waals surface area contributed by atoms with E-state index in [4.69, 9.17) is 9.47 Å². The predicted molar refractivity (Wildman–Crippen MR) is 124 cm³/mol. The number of fused-ring (bicyclic) bond motifs is 1. The van der Waals surface area contributed by atoms with Gasteiger partial charge in [-0.1, -0.05) is 24.3 Å². The second kappa shape index (κ2) is 11.2. The van der Waals surface area contributed by atoms with Crippen LogP contribution in [0.1, 0.15) is 37.8 Å². The maximum absolute atomic E-state index is 12.6. The first-order chi connectivity index (χ1) is 15.1. The molecule has 1 amide bonds. The highest BCUT2D eigenvalue weighted by Crippen LogP contribution is 2.30. The van der Waals surface area contributed by atoms with Gasteiger partial charge in [0.05, 0.1) is 13.7 Å². The lowest BCUT2D eigenvalue weighted by Gasteiger charge is -2.16. The summed E-state index contributed by atoms with van der Waals surface area (Å²) in [7, 11) is 1.62. The van der Waals surface area contributed by atoms with Gasteiger partial charge in [-0.25, -0.2) is 0 Å². The first-order valence-electron chi connectivity index (χ1n) is 10.8. The number of amides is 1. The Bertz CT molecular complexity index is 888. The van der Waals surface area contributed by atoms with Crippen LogP contribution in [0.5, 0.6) is 11.5 Å². The number of benzene rings is 2. The average molecular weight is 425 g/mol. The highest BCUT2D eigenvalue weighted by molar-refractivity contribution is 5.94. The molecule has 0 saturated heterocycles. The van der Waals surface area contributed by atoms with Gasteiger partial charge in [-0.2, -0.15) is 0 Å². The number of aliphatic imine (C=N–C) groups is 1. The molecule has 2 aromatic carbocycles. The third-order valence-electron chi connectivity index (χ3n) is 5.08. The van der Waals surface area contributed by atoms with Crippen molar-refractivity contribution in [1.29, 1.82) is 0 Å². The molecule has 31 heavy (non-hydrogen) atoms. The Hall–Kier alpha value is -3.22. The zero-order valence-corrected chi connectivity index (χ0v) is 18.6. The summed E-state index contributed by atoms with van der Waals surface area (Å²) in [6.07, 6.45) is 1.20. The molecule has 0 fully saturated rings. The number of rotatable bonds is 9. The number of nitrogens with zero attached hydrogens (tertiary/aromatic N) is 2. The molecule has 7 heteroatoms. The van der Waals surface area contributed by atoms with E-state index in [1.165, 1.54) is 11.1 Å². The van der Waals surface area contributed by atoms with Crippen LogP contribution in [0.3, 0.4) is 0 Å². The molecule has 0 atom stereocenters. The van der Waals surface area contributed by atoms with Gasteiger partial charge in [-0.05, 0) is 43.5 Å². The Morgan fingerprint density at radius 2 is 1.84 bits per heavy atom. The number of methoxy groups -OCH3 is 1. The van der Waals surface area contributed by atoms with Crippen molar-refractivity contribution < 1.29 is 14.3 Å². The fourth-order valence-electron chi connectivity index (χ4n) is 3.56. The van der Waals surface area contributed by atoms with Gasteiger partial charge in [0.1, 0.15) is 0 Å². The zero-order chi connectivity index (χ0) is 22.1. The van der Waals surface area contributed by atoms with Crippen LogP contribution in [0.4, 0.5) is 5.69 Å². The SMILES string of the molecule is CCNC(=NCCCC(=O)N1Cc2ccccc2C1)Nc1ccc(OC)c(OCC)c1. The summed E-state index contributed by atoms with van der Waals surface area (Å²) in [4.78, 5) is 19.1. The van der Waals surface area contributed by atoms with E-state index in [0.717, 1.165) is 12.2 Å². The number of carbonyl (C=O) groups excluding carboxylic acids is 1. The Kier molecular flexibility index (Phi) is 8.15. The third kappa shape index (κ3) is 6.13. The Morgan fingerprint density at radius 3 is 2.48 bits per heavy atom.